The van der Waals surface area contributed by atoms with E-state index in [1.54, 1.807) is 0 Å². The third kappa shape index (κ3) is 4.55. The van der Waals surface area contributed by atoms with Crippen molar-refractivity contribution in [3.63, 3.8) is 0 Å². The van der Waals surface area contributed by atoms with Crippen molar-refractivity contribution >= 4 is 34.6 Å². The van der Waals surface area contributed by atoms with Crippen molar-refractivity contribution in [3.8, 4) is 11.5 Å². The van der Waals surface area contributed by atoms with E-state index >= 15 is 0 Å². The van der Waals surface area contributed by atoms with Crippen LogP contribution < -0.4 is 20.1 Å². The molecule has 1 aliphatic heterocycles. The molecule has 6 heteroatoms. The Bertz CT molecular complexity index is 765. The van der Waals surface area contributed by atoms with Crippen LogP contribution in [0.4, 0.5) is 5.69 Å². The first-order chi connectivity index (χ1) is 12.0. The molecule has 1 atom stereocenters. The average molecular weight is 377 g/mol. The molecule has 0 aromatic heterocycles. The summed E-state index contributed by atoms with van der Waals surface area (Å²) in [4.78, 5) is 0. The summed E-state index contributed by atoms with van der Waals surface area (Å²) in [6.45, 7) is 5.23. The molecular formula is C19H21ClN2O2S. The lowest BCUT2D eigenvalue weighted by Gasteiger charge is -2.15. The van der Waals surface area contributed by atoms with E-state index in [2.05, 4.69) is 23.6 Å². The summed E-state index contributed by atoms with van der Waals surface area (Å²) < 4.78 is 11.6. The zero-order valence-corrected chi connectivity index (χ0v) is 15.8. The summed E-state index contributed by atoms with van der Waals surface area (Å²) in [5.74, 6) is 1.81. The van der Waals surface area contributed by atoms with E-state index in [9.17, 15) is 0 Å². The van der Waals surface area contributed by atoms with Crippen molar-refractivity contribution < 1.29 is 9.47 Å². The molecule has 0 radical (unpaired) electrons. The van der Waals surface area contributed by atoms with Crippen LogP contribution in [-0.2, 0) is 13.0 Å². The highest BCUT2D eigenvalue weighted by Crippen LogP contribution is 2.35. The lowest BCUT2D eigenvalue weighted by atomic mass is 10.1. The minimum absolute atomic E-state index is 0.209. The minimum Gasteiger partial charge on any atom is -0.494 e. The molecule has 0 fully saturated rings. The highest BCUT2D eigenvalue weighted by atomic mass is 35.5. The highest BCUT2D eigenvalue weighted by molar-refractivity contribution is 7.80. The van der Waals surface area contributed by atoms with Crippen molar-refractivity contribution in [1.82, 2.24) is 5.32 Å². The second kappa shape index (κ2) is 7.93. The third-order valence-electron chi connectivity index (χ3n) is 3.92. The van der Waals surface area contributed by atoms with E-state index in [0.717, 1.165) is 29.2 Å². The largest absolute Gasteiger partial charge is 0.494 e. The van der Waals surface area contributed by atoms with Crippen molar-refractivity contribution in [2.75, 3.05) is 11.9 Å². The van der Waals surface area contributed by atoms with Gasteiger partial charge < -0.3 is 20.1 Å². The lowest BCUT2D eigenvalue weighted by molar-refractivity contribution is 0.254. The zero-order chi connectivity index (χ0) is 17.8. The molecule has 0 amide bonds. The van der Waals surface area contributed by atoms with Crippen molar-refractivity contribution in [1.29, 1.82) is 0 Å². The molecule has 132 valence electrons. The van der Waals surface area contributed by atoms with Gasteiger partial charge in [0.05, 0.1) is 6.61 Å². The van der Waals surface area contributed by atoms with Gasteiger partial charge >= 0.3 is 0 Å². The number of nitrogens with one attached hydrogen (secondary N) is 2. The van der Waals surface area contributed by atoms with Gasteiger partial charge in [0.2, 0.25) is 0 Å². The summed E-state index contributed by atoms with van der Waals surface area (Å²) in [5.41, 5.74) is 3.11. The van der Waals surface area contributed by atoms with Gasteiger partial charge in [-0.05, 0) is 62.5 Å². The Labute approximate surface area is 158 Å². The van der Waals surface area contributed by atoms with E-state index < -0.39 is 0 Å². The number of fused-ring (bicyclic) bond motifs is 1. The van der Waals surface area contributed by atoms with Gasteiger partial charge in [0.15, 0.2) is 5.11 Å². The molecule has 4 nitrogen and oxygen atoms in total. The maximum absolute atomic E-state index is 5.89. The van der Waals surface area contributed by atoms with Crippen LogP contribution in [0.5, 0.6) is 11.5 Å². The SMILES string of the molecule is CCOc1cc2c(cc1CNC(=S)Nc1ccc(Cl)cc1)O[C@H](C)C2. The van der Waals surface area contributed by atoms with Gasteiger partial charge in [0.25, 0.3) is 0 Å². The first-order valence-electron chi connectivity index (χ1n) is 8.31. The second-order valence-electron chi connectivity index (χ2n) is 5.95. The van der Waals surface area contributed by atoms with Gasteiger partial charge in [0, 0.05) is 34.8 Å². The fourth-order valence-corrected chi connectivity index (χ4v) is 3.11. The number of anilines is 1. The Kier molecular flexibility index (Phi) is 5.66. The summed E-state index contributed by atoms with van der Waals surface area (Å²) in [7, 11) is 0. The molecule has 2 aromatic carbocycles. The monoisotopic (exact) mass is 376 g/mol. The topological polar surface area (TPSA) is 42.5 Å². The Morgan fingerprint density at radius 1 is 1.32 bits per heavy atom. The normalized spacial score (nSPS) is 15.2. The molecule has 25 heavy (non-hydrogen) atoms. The van der Waals surface area contributed by atoms with Crippen molar-refractivity contribution in [3.05, 3.63) is 52.5 Å². The predicted octanol–water partition coefficient (Wildman–Crippen LogP) is 4.55. The molecule has 0 spiro atoms. The Morgan fingerprint density at radius 3 is 2.80 bits per heavy atom. The van der Waals surface area contributed by atoms with Crippen molar-refractivity contribution in [2.45, 2.75) is 32.9 Å². The molecule has 1 heterocycles. The Morgan fingerprint density at radius 2 is 2.08 bits per heavy atom. The maximum atomic E-state index is 5.89. The van der Waals surface area contributed by atoms with Gasteiger partial charge in [-0.2, -0.15) is 0 Å². The summed E-state index contributed by atoms with van der Waals surface area (Å²) >= 11 is 11.3. The molecule has 0 unspecified atom stereocenters. The van der Waals surface area contributed by atoms with E-state index in [-0.39, 0.29) is 6.10 Å². The molecule has 1 aliphatic rings. The molecule has 0 bridgehead atoms. The first kappa shape index (κ1) is 17.8. The van der Waals surface area contributed by atoms with Crippen LogP contribution in [0.25, 0.3) is 0 Å². The Hall–Kier alpha value is -1.98. The number of thiocarbonyl (C=S) groups is 1. The summed E-state index contributed by atoms with van der Waals surface area (Å²) in [6.07, 6.45) is 1.12. The van der Waals surface area contributed by atoms with E-state index in [0.29, 0.717) is 23.3 Å². The van der Waals surface area contributed by atoms with E-state index in [1.807, 2.05) is 37.3 Å². The average Bonchev–Trinajstić information content (AvgIpc) is 2.94. The minimum atomic E-state index is 0.209. The standard InChI is InChI=1S/C19H21ClN2O2S/c1-3-23-17-9-13-8-12(2)24-18(13)10-14(17)11-21-19(25)22-16-6-4-15(20)5-7-16/h4-7,9-10,12H,3,8,11H2,1-2H3,(H2,21,22,25)/t12-/m1/s1. The van der Waals surface area contributed by atoms with Crippen LogP contribution in [0.2, 0.25) is 5.02 Å². The second-order valence-corrected chi connectivity index (χ2v) is 6.79. The van der Waals surface area contributed by atoms with Gasteiger partial charge in [-0.15, -0.1) is 0 Å². The maximum Gasteiger partial charge on any atom is 0.171 e. The number of hydrogen-bond acceptors (Lipinski definition) is 3. The first-order valence-corrected chi connectivity index (χ1v) is 9.09. The highest BCUT2D eigenvalue weighted by Gasteiger charge is 2.21. The summed E-state index contributed by atoms with van der Waals surface area (Å²) in [5, 5.41) is 7.59. The third-order valence-corrected chi connectivity index (χ3v) is 4.42. The fraction of sp³-hybridized carbons (Fsp3) is 0.316. The van der Waals surface area contributed by atoms with Gasteiger partial charge in [0.1, 0.15) is 17.6 Å². The van der Waals surface area contributed by atoms with Crippen molar-refractivity contribution in [2.24, 2.45) is 0 Å². The summed E-state index contributed by atoms with van der Waals surface area (Å²) in [6, 6.07) is 11.5. The van der Waals surface area contributed by atoms with Gasteiger partial charge in [-0.1, -0.05) is 11.6 Å². The predicted molar refractivity (Wildman–Crippen MR) is 106 cm³/mol. The molecule has 2 N–H and O–H groups in total. The van der Waals surface area contributed by atoms with Crippen LogP contribution in [0, 0.1) is 0 Å². The van der Waals surface area contributed by atoms with Gasteiger partial charge in [-0.3, -0.25) is 0 Å². The quantitative estimate of drug-likeness (QED) is 0.749. The van der Waals surface area contributed by atoms with Crippen LogP contribution in [0.3, 0.4) is 0 Å². The van der Waals surface area contributed by atoms with E-state index in [1.165, 1.54) is 5.56 Å². The Balaban J connectivity index is 1.66. The number of benzene rings is 2. The molecule has 0 saturated carbocycles. The smallest absolute Gasteiger partial charge is 0.171 e. The number of rotatable bonds is 5. The fourth-order valence-electron chi connectivity index (χ4n) is 2.79. The molecular weight excluding hydrogens is 356 g/mol. The molecule has 0 saturated heterocycles. The number of ether oxygens (including phenoxy) is 2. The number of halogens is 1. The molecule has 0 aliphatic carbocycles. The molecule has 2 aromatic rings. The van der Waals surface area contributed by atoms with Crippen LogP contribution in [0.1, 0.15) is 25.0 Å². The zero-order valence-electron chi connectivity index (χ0n) is 14.3. The van der Waals surface area contributed by atoms with E-state index in [4.69, 9.17) is 33.3 Å². The lowest BCUT2D eigenvalue weighted by Crippen LogP contribution is -2.28. The van der Waals surface area contributed by atoms with Gasteiger partial charge in [-0.25, -0.2) is 0 Å². The number of hydrogen-bond donors (Lipinski definition) is 2. The van der Waals surface area contributed by atoms with Crippen LogP contribution in [0.15, 0.2) is 36.4 Å². The van der Waals surface area contributed by atoms with Crippen LogP contribution in [-0.4, -0.2) is 17.8 Å². The van der Waals surface area contributed by atoms with Crippen LogP contribution >= 0.6 is 23.8 Å². The molecule has 3 rings (SSSR count).